The molecule has 0 spiro atoms. The molecule has 0 rings (SSSR count). The normalized spacial score (nSPS) is 4.80. The summed E-state index contributed by atoms with van der Waals surface area (Å²) in [6, 6.07) is -0.833. The van der Waals surface area contributed by atoms with Gasteiger partial charge in [0.05, 0.1) is 0 Å². The van der Waals surface area contributed by atoms with Crippen molar-refractivity contribution >= 4 is 6.03 Å². The van der Waals surface area contributed by atoms with Crippen LogP contribution in [0.3, 0.4) is 0 Å². The van der Waals surface area contributed by atoms with Crippen molar-refractivity contribution in [2.45, 2.75) is 0 Å². The Bertz CT molecular complexity index is 32.6. The fourth-order valence-electron chi connectivity index (χ4n) is 0. The van der Waals surface area contributed by atoms with E-state index in [1.807, 2.05) is 0 Å². The SMILES string of the molecule is NC(N)=O.[Hf]. The van der Waals surface area contributed by atoms with Gasteiger partial charge >= 0.3 is 6.03 Å². The number of urea groups is 1. The average Bonchev–Trinajstić information content (AvgIpc) is 0.811. The second-order valence-electron chi connectivity index (χ2n) is 0.402. The van der Waals surface area contributed by atoms with Gasteiger partial charge in [-0.3, -0.25) is 0 Å². The Morgan fingerprint density at radius 3 is 1.40 bits per heavy atom. The molecule has 4 N–H and O–H groups in total. The van der Waals surface area contributed by atoms with Crippen LogP contribution >= 0.6 is 0 Å². The van der Waals surface area contributed by atoms with Gasteiger partial charge in [0.15, 0.2) is 0 Å². The quantitative estimate of drug-likeness (QED) is 0.524. The summed E-state index contributed by atoms with van der Waals surface area (Å²) < 4.78 is 0. The second kappa shape index (κ2) is 4.14. The van der Waals surface area contributed by atoms with Crippen LogP contribution in [0.15, 0.2) is 0 Å². The van der Waals surface area contributed by atoms with E-state index in [-0.39, 0.29) is 25.8 Å². The van der Waals surface area contributed by atoms with Crippen LogP contribution in [-0.4, -0.2) is 6.03 Å². The predicted molar refractivity (Wildman–Crippen MR) is 13.8 cm³/mol. The van der Waals surface area contributed by atoms with E-state index in [9.17, 15) is 0 Å². The Hall–Kier alpha value is 0.140. The van der Waals surface area contributed by atoms with Crippen molar-refractivity contribution in [1.29, 1.82) is 0 Å². The van der Waals surface area contributed by atoms with Gasteiger partial charge in [0.1, 0.15) is 0 Å². The minimum absolute atomic E-state index is 0. The Morgan fingerprint density at radius 1 is 1.40 bits per heavy atom. The summed E-state index contributed by atoms with van der Waals surface area (Å²) in [6.45, 7) is 0. The number of nitrogens with two attached hydrogens (primary N) is 2. The molecule has 0 aliphatic rings. The van der Waals surface area contributed by atoms with E-state index >= 15 is 0 Å². The van der Waals surface area contributed by atoms with Gasteiger partial charge in [0.25, 0.3) is 0 Å². The molecule has 0 aromatic heterocycles. The minimum Gasteiger partial charge on any atom is -0.352 e. The topological polar surface area (TPSA) is 69.1 Å². The van der Waals surface area contributed by atoms with E-state index in [0.717, 1.165) is 0 Å². The molecule has 0 aromatic rings. The molecular formula is CH4HfN2O. The second-order valence-corrected chi connectivity index (χ2v) is 0.402. The Balaban J connectivity index is 0. The molecule has 5 heavy (non-hydrogen) atoms. The van der Waals surface area contributed by atoms with Gasteiger partial charge in [0, 0.05) is 25.8 Å². The third-order valence-corrected chi connectivity index (χ3v) is 0. The fourth-order valence-corrected chi connectivity index (χ4v) is 0. The number of hydrogen-bond acceptors (Lipinski definition) is 1. The smallest absolute Gasteiger partial charge is 0.309 e. The van der Waals surface area contributed by atoms with Crippen LogP contribution in [0.2, 0.25) is 0 Å². The summed E-state index contributed by atoms with van der Waals surface area (Å²) in [4.78, 5) is 9.00. The third-order valence-electron chi connectivity index (χ3n) is 0. The Kier molecular flexibility index (Phi) is 7.40. The average molecular weight is 239 g/mol. The van der Waals surface area contributed by atoms with Gasteiger partial charge in [-0.05, 0) is 0 Å². The monoisotopic (exact) mass is 240 g/mol. The van der Waals surface area contributed by atoms with Crippen LogP contribution in [0.4, 0.5) is 4.79 Å². The minimum atomic E-state index is -0.833. The first kappa shape index (κ1) is 8.94. The number of amides is 2. The maximum atomic E-state index is 9.00. The fraction of sp³-hybridized carbons (Fsp3) is 0. The van der Waals surface area contributed by atoms with Crippen molar-refractivity contribution < 1.29 is 30.6 Å². The molecule has 0 unspecified atom stereocenters. The van der Waals surface area contributed by atoms with Crippen LogP contribution in [-0.2, 0) is 25.8 Å². The molecule has 0 saturated carbocycles. The van der Waals surface area contributed by atoms with Gasteiger partial charge in [-0.1, -0.05) is 0 Å². The number of carbonyl (C=O) groups is 1. The molecule has 28 valence electrons. The maximum absolute atomic E-state index is 9.00. The molecule has 0 fully saturated rings. The van der Waals surface area contributed by atoms with Crippen LogP contribution < -0.4 is 11.5 Å². The van der Waals surface area contributed by atoms with Gasteiger partial charge < -0.3 is 11.5 Å². The summed E-state index contributed by atoms with van der Waals surface area (Å²) in [7, 11) is 0. The first-order chi connectivity index (χ1) is 1.73. The largest absolute Gasteiger partial charge is 0.352 e. The molecule has 0 radical (unpaired) electrons. The Morgan fingerprint density at radius 2 is 1.40 bits per heavy atom. The molecule has 0 aliphatic heterocycles. The van der Waals surface area contributed by atoms with Crippen LogP contribution in [0.25, 0.3) is 0 Å². The molecule has 0 aromatic carbocycles. The van der Waals surface area contributed by atoms with Crippen molar-refractivity contribution in [3.05, 3.63) is 0 Å². The molecule has 3 nitrogen and oxygen atoms in total. The number of primary amides is 2. The van der Waals surface area contributed by atoms with Crippen LogP contribution in [0.1, 0.15) is 0 Å². The number of rotatable bonds is 0. The third kappa shape index (κ3) is 966. The summed E-state index contributed by atoms with van der Waals surface area (Å²) in [5.74, 6) is 0. The van der Waals surface area contributed by atoms with Crippen LogP contribution in [0.5, 0.6) is 0 Å². The zero-order valence-electron chi connectivity index (χ0n) is 2.56. The number of carbonyl (C=O) groups excluding carboxylic acids is 1. The summed E-state index contributed by atoms with van der Waals surface area (Å²) in [5.41, 5.74) is 8.50. The van der Waals surface area contributed by atoms with Crippen molar-refractivity contribution in [3.63, 3.8) is 0 Å². The van der Waals surface area contributed by atoms with Crippen molar-refractivity contribution in [2.24, 2.45) is 11.5 Å². The van der Waals surface area contributed by atoms with Gasteiger partial charge in [-0.25, -0.2) is 4.79 Å². The van der Waals surface area contributed by atoms with E-state index in [1.54, 1.807) is 0 Å². The molecule has 0 saturated heterocycles. The molecule has 4 heteroatoms. The van der Waals surface area contributed by atoms with E-state index in [0.29, 0.717) is 0 Å². The predicted octanol–water partition coefficient (Wildman–Crippen LogP) is -0.979. The van der Waals surface area contributed by atoms with E-state index in [4.69, 9.17) is 4.79 Å². The van der Waals surface area contributed by atoms with Gasteiger partial charge in [0.2, 0.25) is 0 Å². The first-order valence-electron chi connectivity index (χ1n) is 0.781. The number of hydrogen-bond donors (Lipinski definition) is 2. The van der Waals surface area contributed by atoms with E-state index in [1.165, 1.54) is 0 Å². The molecule has 0 heterocycles. The van der Waals surface area contributed by atoms with Crippen LogP contribution in [0, 0.1) is 0 Å². The van der Waals surface area contributed by atoms with Gasteiger partial charge in [-0.2, -0.15) is 0 Å². The van der Waals surface area contributed by atoms with Crippen molar-refractivity contribution in [2.75, 3.05) is 0 Å². The Labute approximate surface area is 48.5 Å². The maximum Gasteiger partial charge on any atom is 0.309 e. The molecular weight excluding hydrogens is 235 g/mol. The van der Waals surface area contributed by atoms with Gasteiger partial charge in [-0.15, -0.1) is 0 Å². The first-order valence-corrected chi connectivity index (χ1v) is 0.781. The summed E-state index contributed by atoms with van der Waals surface area (Å²) in [5, 5.41) is 0. The molecule has 0 bridgehead atoms. The zero-order chi connectivity index (χ0) is 3.58. The van der Waals surface area contributed by atoms with E-state index < -0.39 is 6.03 Å². The van der Waals surface area contributed by atoms with Crippen molar-refractivity contribution in [3.8, 4) is 0 Å². The molecule has 0 atom stereocenters. The summed E-state index contributed by atoms with van der Waals surface area (Å²) >= 11 is 0. The van der Waals surface area contributed by atoms with E-state index in [2.05, 4.69) is 11.5 Å². The standard InChI is InChI=1S/CH4N2O.Hf/c2-1(3)4;/h(H4,2,3,4);. The van der Waals surface area contributed by atoms with Crippen molar-refractivity contribution in [1.82, 2.24) is 0 Å². The molecule has 0 aliphatic carbocycles. The zero-order valence-corrected chi connectivity index (χ0v) is 6.16. The summed E-state index contributed by atoms with van der Waals surface area (Å²) in [6.07, 6.45) is 0. The molecule has 2 amide bonds.